The Labute approximate surface area is 426 Å². The third kappa shape index (κ3) is 9.34. The Kier molecular flexibility index (Phi) is 9.64. The van der Waals surface area contributed by atoms with E-state index in [0.29, 0.717) is 67.2 Å². The first-order chi connectivity index (χ1) is 35.4. The van der Waals surface area contributed by atoms with Crippen molar-refractivity contribution in [2.24, 2.45) is 0 Å². The van der Waals surface area contributed by atoms with E-state index in [1.165, 1.54) is 6.20 Å². The van der Waals surface area contributed by atoms with Crippen LogP contribution in [-0.2, 0) is 37.3 Å². The predicted octanol–water partition coefficient (Wildman–Crippen LogP) is 16.4. The van der Waals surface area contributed by atoms with Crippen LogP contribution >= 0.6 is 0 Å². The molecule has 0 spiro atoms. The number of hydrogen-bond acceptors (Lipinski definition) is 3. The SMILES string of the molecule is [2H]c1c([2H])c(C([2H])([2H])[2H])c([2H])c([2H])c1-c1ccnc(-c2[c-]c(-c3cccc4c3nc(-c3cccc(C(C)(C)C)c3O)n4-c3cc(C([2H])([2H])[2H])c(-c4ccc(C(C)(C)C)cc4)cc3-c3ccccc3)cc(C(C)(C)C)c2)c1.[Pt]. The van der Waals surface area contributed by atoms with E-state index < -0.39 is 54.3 Å². The average Bonchev–Trinajstić information content (AvgIpc) is 3.79. The maximum Gasteiger partial charge on any atom is 0.148 e. The fourth-order valence-electron chi connectivity index (χ4n) is 8.56. The van der Waals surface area contributed by atoms with Gasteiger partial charge in [-0.1, -0.05) is 188 Å². The van der Waals surface area contributed by atoms with Crippen molar-refractivity contribution in [1.82, 2.24) is 14.5 Å². The van der Waals surface area contributed by atoms with Gasteiger partial charge in [0.15, 0.2) is 0 Å². The van der Waals surface area contributed by atoms with E-state index in [9.17, 15) is 5.11 Å². The molecule has 0 bridgehead atoms. The molecule has 9 aromatic rings. The number of phenolic OH excluding ortho intramolecular Hbond substituents is 1. The van der Waals surface area contributed by atoms with Crippen molar-refractivity contribution in [1.29, 1.82) is 0 Å². The van der Waals surface area contributed by atoms with Gasteiger partial charge >= 0.3 is 0 Å². The molecular formula is C62H60N3OPt-. The molecular weight excluding hydrogens is 998 g/mol. The van der Waals surface area contributed by atoms with Gasteiger partial charge in [-0.25, -0.2) is 4.98 Å². The first-order valence-corrected chi connectivity index (χ1v) is 22.3. The van der Waals surface area contributed by atoms with Crippen molar-refractivity contribution in [2.75, 3.05) is 0 Å². The number of imidazole rings is 1. The van der Waals surface area contributed by atoms with Crippen LogP contribution in [0.3, 0.4) is 0 Å². The number of nitrogens with zero attached hydrogens (tertiary/aromatic N) is 3. The number of pyridine rings is 1. The van der Waals surface area contributed by atoms with Crippen molar-refractivity contribution >= 4 is 11.0 Å². The average molecular weight is 1070 g/mol. The van der Waals surface area contributed by atoms with Gasteiger partial charge in [0.25, 0.3) is 0 Å². The number of aromatic hydroxyl groups is 1. The maximum absolute atomic E-state index is 12.4. The van der Waals surface area contributed by atoms with Crippen LogP contribution in [-0.4, -0.2) is 19.6 Å². The summed E-state index contributed by atoms with van der Waals surface area (Å²) in [5.41, 5.74) is 8.90. The third-order valence-corrected chi connectivity index (χ3v) is 12.3. The van der Waals surface area contributed by atoms with Crippen molar-refractivity contribution in [3.8, 4) is 78.6 Å². The molecule has 2 heterocycles. The van der Waals surface area contributed by atoms with Gasteiger partial charge in [0, 0.05) is 46.7 Å². The summed E-state index contributed by atoms with van der Waals surface area (Å²) in [5, 5.41) is 12.4. The van der Waals surface area contributed by atoms with Gasteiger partial charge < -0.3 is 5.11 Å². The minimum Gasteiger partial charge on any atom is -0.507 e. The Morgan fingerprint density at radius 3 is 1.91 bits per heavy atom. The van der Waals surface area contributed by atoms with Crippen LogP contribution in [0.5, 0.6) is 5.75 Å². The van der Waals surface area contributed by atoms with Crippen molar-refractivity contribution < 1.29 is 39.9 Å². The number of aromatic nitrogens is 3. The molecule has 0 saturated heterocycles. The number of aryl methyl sites for hydroxylation is 1. The maximum atomic E-state index is 12.4. The van der Waals surface area contributed by atoms with E-state index in [1.807, 2.05) is 116 Å². The van der Waals surface area contributed by atoms with Crippen LogP contribution in [0.1, 0.15) is 104 Å². The summed E-state index contributed by atoms with van der Waals surface area (Å²) in [4.78, 5) is 10.2. The second-order valence-corrected chi connectivity index (χ2v) is 20.1. The number of para-hydroxylation sites is 2. The first-order valence-electron chi connectivity index (χ1n) is 27.3. The van der Waals surface area contributed by atoms with Crippen molar-refractivity contribution in [2.45, 2.75) is 92.3 Å². The van der Waals surface area contributed by atoms with E-state index in [0.717, 1.165) is 27.8 Å². The molecule has 2 aromatic heterocycles. The third-order valence-electron chi connectivity index (χ3n) is 12.3. The zero-order chi connectivity index (χ0) is 55.2. The fraction of sp³-hybridized carbons (Fsp3) is 0.226. The molecule has 9 rings (SSSR count). The Balaban J connectivity index is 0.00000784. The molecule has 0 aliphatic heterocycles. The Morgan fingerprint density at radius 2 is 1.24 bits per heavy atom. The molecule has 7 aromatic carbocycles. The number of fused-ring (bicyclic) bond motifs is 1. The number of hydrogen-bond donors (Lipinski definition) is 1. The normalized spacial score (nSPS) is 14.6. The fourth-order valence-corrected chi connectivity index (χ4v) is 8.56. The number of benzene rings is 7. The predicted molar refractivity (Wildman–Crippen MR) is 278 cm³/mol. The standard InChI is InChI=1S/C62H60N3O.Pt/c1-39-23-25-41(26-24-39)44-31-32-63-54(37-44)46-34-45(35-48(36-46)61(6,7)8)49-19-16-22-55-57(49)64-59(50-20-15-21-53(58(50)66)62(9,10)11)65(55)56-33-40(2)51(38-52(56)42-17-13-12-14-18-42)43-27-29-47(30-28-43)60(3,4)5;/h12-33,35-38,66H,1-11H3;/q-1;/i1D3,2D3,23D,24D,25D,26D;. The van der Waals surface area contributed by atoms with Crippen molar-refractivity contribution in [3.63, 3.8) is 0 Å². The molecule has 0 fully saturated rings. The Hall–Kier alpha value is -6.35. The van der Waals surface area contributed by atoms with Crippen LogP contribution in [0, 0.1) is 19.8 Å². The zero-order valence-electron chi connectivity index (χ0n) is 49.3. The summed E-state index contributed by atoms with van der Waals surface area (Å²) in [6.07, 6.45) is 1.52. The van der Waals surface area contributed by atoms with Gasteiger partial charge in [0.1, 0.15) is 11.6 Å². The Morgan fingerprint density at radius 1 is 0.567 bits per heavy atom. The number of rotatable bonds is 7. The number of phenols is 1. The van der Waals surface area contributed by atoms with Gasteiger partial charge in [-0.3, -0.25) is 9.55 Å². The van der Waals surface area contributed by atoms with Crippen LogP contribution in [0.15, 0.2) is 158 Å². The molecule has 0 saturated carbocycles. The molecule has 0 aliphatic carbocycles. The minimum absolute atomic E-state index is 0. The molecule has 340 valence electrons. The molecule has 1 N–H and O–H groups in total. The molecule has 0 aliphatic rings. The first kappa shape index (κ1) is 35.8. The quantitative estimate of drug-likeness (QED) is 0.162. The minimum atomic E-state index is -2.86. The van der Waals surface area contributed by atoms with Gasteiger partial charge in [0.2, 0.25) is 0 Å². The van der Waals surface area contributed by atoms with E-state index in [4.69, 9.17) is 23.7 Å². The molecule has 0 unspecified atom stereocenters. The van der Waals surface area contributed by atoms with E-state index in [2.05, 4.69) is 65.8 Å². The van der Waals surface area contributed by atoms with E-state index >= 15 is 0 Å². The van der Waals surface area contributed by atoms with Crippen LogP contribution in [0.2, 0.25) is 0 Å². The molecule has 0 amide bonds. The van der Waals surface area contributed by atoms with E-state index in [1.54, 1.807) is 18.2 Å². The molecule has 0 radical (unpaired) electrons. The van der Waals surface area contributed by atoms with E-state index in [-0.39, 0.29) is 43.4 Å². The topological polar surface area (TPSA) is 50.9 Å². The largest absolute Gasteiger partial charge is 0.507 e. The second kappa shape index (κ2) is 18.0. The molecule has 67 heavy (non-hydrogen) atoms. The van der Waals surface area contributed by atoms with Crippen molar-refractivity contribution in [3.05, 3.63) is 192 Å². The Bertz CT molecular complexity index is 3700. The summed E-state index contributed by atoms with van der Waals surface area (Å²) >= 11 is 0. The van der Waals surface area contributed by atoms with Gasteiger partial charge in [-0.2, -0.15) is 0 Å². The molecule has 4 nitrogen and oxygen atoms in total. The van der Waals surface area contributed by atoms with Crippen LogP contribution < -0.4 is 0 Å². The second-order valence-electron chi connectivity index (χ2n) is 20.1. The monoisotopic (exact) mass is 1070 g/mol. The summed E-state index contributed by atoms with van der Waals surface area (Å²) in [6, 6.07) is 41.8. The van der Waals surface area contributed by atoms with Crippen LogP contribution in [0.25, 0.3) is 83.9 Å². The molecule has 5 heteroatoms. The summed E-state index contributed by atoms with van der Waals surface area (Å²) < 4.78 is 87.8. The van der Waals surface area contributed by atoms with Gasteiger partial charge in [-0.05, 0) is 105 Å². The zero-order valence-corrected chi connectivity index (χ0v) is 41.6. The summed E-state index contributed by atoms with van der Waals surface area (Å²) in [7, 11) is 0. The smallest absolute Gasteiger partial charge is 0.148 e. The van der Waals surface area contributed by atoms with Crippen LogP contribution in [0.4, 0.5) is 0 Å². The van der Waals surface area contributed by atoms with Gasteiger partial charge in [0.05, 0.1) is 27.8 Å². The van der Waals surface area contributed by atoms with Gasteiger partial charge in [-0.15, -0.1) is 29.3 Å². The summed E-state index contributed by atoms with van der Waals surface area (Å²) in [6.45, 7) is 13.4. The summed E-state index contributed by atoms with van der Waals surface area (Å²) in [5.74, 6) is 0.429. The molecule has 0 atom stereocenters.